The Morgan fingerprint density at radius 2 is 2.03 bits per heavy atom. The van der Waals surface area contributed by atoms with Crippen LogP contribution in [0.15, 0.2) is 54.7 Å². The van der Waals surface area contributed by atoms with E-state index in [2.05, 4.69) is 10.4 Å². The van der Waals surface area contributed by atoms with Gasteiger partial charge in [-0.2, -0.15) is 9.61 Å². The summed E-state index contributed by atoms with van der Waals surface area (Å²) in [6.07, 6.45) is 2.53. The van der Waals surface area contributed by atoms with Crippen LogP contribution in [0.2, 0.25) is 0 Å². The highest BCUT2D eigenvalue weighted by atomic mass is 19.1. The number of benzene rings is 2. The van der Waals surface area contributed by atoms with Gasteiger partial charge in [0.15, 0.2) is 5.65 Å². The van der Waals surface area contributed by atoms with Crippen LogP contribution in [0.5, 0.6) is 11.5 Å². The van der Waals surface area contributed by atoms with Crippen LogP contribution >= 0.6 is 0 Å². The van der Waals surface area contributed by atoms with Crippen molar-refractivity contribution in [2.75, 3.05) is 24.4 Å². The van der Waals surface area contributed by atoms with Gasteiger partial charge < -0.3 is 19.9 Å². The molecule has 0 spiro atoms. The number of anilines is 3. The number of aromatic nitrogens is 3. The molecule has 1 aliphatic rings. The molecule has 0 aliphatic heterocycles. The summed E-state index contributed by atoms with van der Waals surface area (Å²) in [7, 11) is 3.17. The van der Waals surface area contributed by atoms with E-state index in [1.54, 1.807) is 32.5 Å². The number of nitrogens with one attached hydrogen (secondary N) is 1. The van der Waals surface area contributed by atoms with E-state index in [0.29, 0.717) is 35.4 Å². The number of carbonyl (C=O) groups is 1. The highest BCUT2D eigenvalue weighted by Crippen LogP contribution is 2.42. The van der Waals surface area contributed by atoms with E-state index < -0.39 is 11.9 Å². The van der Waals surface area contributed by atoms with Crippen molar-refractivity contribution in [1.29, 1.82) is 0 Å². The fourth-order valence-electron chi connectivity index (χ4n) is 4.04. The summed E-state index contributed by atoms with van der Waals surface area (Å²) in [6.45, 7) is 0.371. The van der Waals surface area contributed by atoms with E-state index in [-0.39, 0.29) is 11.5 Å². The zero-order valence-electron chi connectivity index (χ0n) is 19.2. The maximum Gasteiger partial charge on any atom is 0.417 e. The predicted molar refractivity (Wildman–Crippen MR) is 128 cm³/mol. The predicted octanol–water partition coefficient (Wildman–Crippen LogP) is 5.19. The number of halogens is 1. The van der Waals surface area contributed by atoms with Gasteiger partial charge in [0, 0.05) is 29.8 Å². The lowest BCUT2D eigenvalue weighted by Gasteiger charge is -2.21. The van der Waals surface area contributed by atoms with Crippen molar-refractivity contribution in [1.82, 2.24) is 14.6 Å². The number of hydrogen-bond donors (Lipinski definition) is 2. The first-order valence-electron chi connectivity index (χ1n) is 11.1. The van der Waals surface area contributed by atoms with Gasteiger partial charge in [0.05, 0.1) is 26.1 Å². The third-order valence-corrected chi connectivity index (χ3v) is 5.94. The van der Waals surface area contributed by atoms with E-state index in [0.717, 1.165) is 28.9 Å². The Balaban J connectivity index is 1.57. The summed E-state index contributed by atoms with van der Waals surface area (Å²) < 4.78 is 26.2. The molecule has 0 atom stereocenters. The Bertz CT molecular complexity index is 1400. The number of carboxylic acid groups (broad SMARTS) is 1. The molecule has 10 heteroatoms. The quantitative estimate of drug-likeness (QED) is 0.360. The molecule has 4 aromatic rings. The Morgan fingerprint density at radius 3 is 2.71 bits per heavy atom. The van der Waals surface area contributed by atoms with Gasteiger partial charge >= 0.3 is 6.09 Å². The summed E-state index contributed by atoms with van der Waals surface area (Å²) in [5.74, 6) is 1.81. The van der Waals surface area contributed by atoms with Gasteiger partial charge in [-0.3, -0.25) is 0 Å². The fourth-order valence-corrected chi connectivity index (χ4v) is 4.04. The summed E-state index contributed by atoms with van der Waals surface area (Å²) in [4.78, 5) is 18.1. The molecular weight excluding hydrogens is 453 g/mol. The van der Waals surface area contributed by atoms with E-state index in [4.69, 9.17) is 14.5 Å². The van der Waals surface area contributed by atoms with Crippen LogP contribution in [-0.4, -0.2) is 40.0 Å². The Labute approximate surface area is 200 Å². The van der Waals surface area contributed by atoms with Crippen LogP contribution in [0.25, 0.3) is 5.65 Å². The lowest BCUT2D eigenvalue weighted by Crippen LogP contribution is -2.26. The third-order valence-electron chi connectivity index (χ3n) is 5.94. The third kappa shape index (κ3) is 4.42. The van der Waals surface area contributed by atoms with Gasteiger partial charge in [-0.15, -0.1) is 0 Å². The second-order valence-corrected chi connectivity index (χ2v) is 8.24. The van der Waals surface area contributed by atoms with Crippen LogP contribution < -0.4 is 19.7 Å². The lowest BCUT2D eigenvalue weighted by molar-refractivity contribution is 0.204. The first kappa shape index (κ1) is 22.5. The molecule has 9 nitrogen and oxygen atoms in total. The topological polar surface area (TPSA) is 101 Å². The highest BCUT2D eigenvalue weighted by Gasteiger charge is 2.30. The fraction of sp³-hybridized carbons (Fsp3) is 0.240. The molecule has 2 N–H and O–H groups in total. The van der Waals surface area contributed by atoms with E-state index in [1.807, 2.05) is 12.1 Å². The zero-order valence-corrected chi connectivity index (χ0v) is 19.2. The number of ether oxygens (including phenoxy) is 2. The molecular formula is C25H24FN5O4. The summed E-state index contributed by atoms with van der Waals surface area (Å²) >= 11 is 0. The van der Waals surface area contributed by atoms with Crippen molar-refractivity contribution in [2.45, 2.75) is 25.3 Å². The first-order chi connectivity index (χ1) is 17.0. The molecule has 1 saturated carbocycles. The molecule has 1 amide bonds. The van der Waals surface area contributed by atoms with Gasteiger partial charge in [-0.05, 0) is 49.1 Å². The van der Waals surface area contributed by atoms with Gasteiger partial charge in [0.25, 0.3) is 0 Å². The molecule has 35 heavy (non-hydrogen) atoms. The average Bonchev–Trinajstić information content (AvgIpc) is 3.61. The molecule has 0 saturated heterocycles. The van der Waals surface area contributed by atoms with Crippen LogP contribution in [0.1, 0.15) is 29.9 Å². The molecule has 0 bridgehead atoms. The average molecular weight is 477 g/mol. The SMILES string of the molecule is COc1ccc(CNc2cc(N(C(=O)O)c3cccc(F)c3)n3ncc(C4CC4)c3n2)c(OC)c1. The zero-order chi connectivity index (χ0) is 24.5. The number of nitrogens with zero attached hydrogens (tertiary/aromatic N) is 4. The van der Waals surface area contributed by atoms with Gasteiger partial charge in [-0.1, -0.05) is 6.07 Å². The standard InChI is InChI=1S/C25H24FN5O4/c1-34-19-9-8-16(21(11-19)35-2)13-27-22-12-23(30(25(32)33)18-5-3-4-17(26)10-18)31-24(29-22)20(14-28-31)15-6-7-15/h3-5,8-12,14-15H,6-7,13H2,1-2H3,(H,27,29)(H,32,33). The van der Waals surface area contributed by atoms with Crippen molar-refractivity contribution in [3.8, 4) is 11.5 Å². The second kappa shape index (κ2) is 9.13. The lowest BCUT2D eigenvalue weighted by atomic mass is 10.2. The van der Waals surface area contributed by atoms with Crippen molar-refractivity contribution in [3.05, 3.63) is 71.7 Å². The largest absolute Gasteiger partial charge is 0.497 e. The second-order valence-electron chi connectivity index (χ2n) is 8.24. The summed E-state index contributed by atoms with van der Waals surface area (Å²) in [5.41, 5.74) is 2.56. The number of amides is 1. The molecule has 180 valence electrons. The van der Waals surface area contributed by atoms with Crippen molar-refractivity contribution < 1.29 is 23.8 Å². The van der Waals surface area contributed by atoms with E-state index in [1.165, 1.54) is 28.8 Å². The molecule has 5 rings (SSSR count). The molecule has 2 aromatic carbocycles. The van der Waals surface area contributed by atoms with Gasteiger partial charge in [0.1, 0.15) is 29.0 Å². The molecule has 2 aromatic heterocycles. The monoisotopic (exact) mass is 477 g/mol. The number of hydrogen-bond acceptors (Lipinski definition) is 6. The van der Waals surface area contributed by atoms with Crippen LogP contribution in [-0.2, 0) is 6.54 Å². The molecule has 1 fully saturated rings. The van der Waals surface area contributed by atoms with Crippen molar-refractivity contribution in [3.63, 3.8) is 0 Å². The van der Waals surface area contributed by atoms with Crippen LogP contribution in [0.3, 0.4) is 0 Å². The minimum atomic E-state index is -1.27. The molecule has 0 radical (unpaired) electrons. The van der Waals surface area contributed by atoms with E-state index >= 15 is 0 Å². The smallest absolute Gasteiger partial charge is 0.417 e. The number of fused-ring (bicyclic) bond motifs is 1. The minimum Gasteiger partial charge on any atom is -0.497 e. The van der Waals surface area contributed by atoms with Gasteiger partial charge in [0.2, 0.25) is 0 Å². The molecule has 0 unspecified atom stereocenters. The molecule has 1 aliphatic carbocycles. The summed E-state index contributed by atoms with van der Waals surface area (Å²) in [5, 5.41) is 17.8. The van der Waals surface area contributed by atoms with Crippen molar-refractivity contribution in [2.24, 2.45) is 0 Å². The molecule has 2 heterocycles. The maximum absolute atomic E-state index is 14.0. The van der Waals surface area contributed by atoms with Crippen LogP contribution in [0.4, 0.5) is 26.5 Å². The Kier molecular flexibility index (Phi) is 5.86. The Hall–Kier alpha value is -4.34. The Morgan fingerprint density at radius 1 is 1.20 bits per heavy atom. The normalized spacial score (nSPS) is 13.0. The van der Waals surface area contributed by atoms with Gasteiger partial charge in [-0.25, -0.2) is 19.1 Å². The minimum absolute atomic E-state index is 0.163. The van der Waals surface area contributed by atoms with Crippen molar-refractivity contribution >= 4 is 29.1 Å². The number of rotatable bonds is 8. The highest BCUT2D eigenvalue weighted by molar-refractivity contribution is 5.94. The maximum atomic E-state index is 14.0. The van der Waals surface area contributed by atoms with E-state index in [9.17, 15) is 14.3 Å². The first-order valence-corrected chi connectivity index (χ1v) is 11.1. The summed E-state index contributed by atoms with van der Waals surface area (Å²) in [6, 6.07) is 12.5. The number of methoxy groups -OCH3 is 2. The van der Waals surface area contributed by atoms with Crippen LogP contribution in [0, 0.1) is 5.82 Å².